The minimum absolute atomic E-state index is 0.316. The number of fused-ring (bicyclic) bond motifs is 6. The van der Waals surface area contributed by atoms with E-state index in [1.165, 1.54) is 0 Å². The maximum absolute atomic E-state index is 6.43. The van der Waals surface area contributed by atoms with Gasteiger partial charge in [-0.1, -0.05) is 45.0 Å². The number of imidazole rings is 2. The molecule has 9 rings (SSSR count). The molecule has 7 heterocycles. The summed E-state index contributed by atoms with van der Waals surface area (Å²) < 4.78 is 16.8. The molecule has 0 saturated carbocycles. The Hall–Kier alpha value is -5.58. The average molecular weight is 562 g/mol. The van der Waals surface area contributed by atoms with Crippen LogP contribution in [0.3, 0.4) is 0 Å². The molecule has 0 amide bonds. The molecule has 11 heteroatoms. The maximum atomic E-state index is 6.43. The average Bonchev–Trinajstić information content (AvgIpc) is 3.65. The summed E-state index contributed by atoms with van der Waals surface area (Å²) in [5.74, 6) is 4.22. The topological polar surface area (TPSA) is 106 Å². The normalized spacial score (nSPS) is 13.3. The number of hydrogen-bond donors (Lipinski definition) is 0. The van der Waals surface area contributed by atoms with Gasteiger partial charge in [0.2, 0.25) is 11.8 Å². The van der Waals surface area contributed by atoms with Gasteiger partial charge in [0.1, 0.15) is 41.6 Å². The fourth-order valence-corrected chi connectivity index (χ4v) is 5.82. The first kappa shape index (κ1) is 24.1. The van der Waals surface area contributed by atoms with Gasteiger partial charge >= 0.3 is 6.71 Å². The minimum atomic E-state index is -0.420. The number of para-hydroxylation sites is 4. The van der Waals surface area contributed by atoms with Gasteiger partial charge in [-0.2, -0.15) is 9.97 Å². The number of ether oxygens (including phenoxy) is 2. The van der Waals surface area contributed by atoms with Crippen LogP contribution in [-0.2, 0) is 5.41 Å². The lowest BCUT2D eigenvalue weighted by Gasteiger charge is -2.31. The standard InChI is InChI=1S/C32H23BN8O2/c1-32(2,3)31-38-29-26-30(39-31)43-23-13-15-25(41-17-35-19-9-5-7-11-21(19)41)37-28(23)33(26)27-22(42-29)12-14-24(36-27)40-16-34-18-8-4-6-10-20(18)40/h4-17H,1-3H3. The molecule has 0 spiro atoms. The Balaban J connectivity index is 1.28. The summed E-state index contributed by atoms with van der Waals surface area (Å²) in [5, 5.41) is 0. The Morgan fingerprint density at radius 1 is 0.605 bits per heavy atom. The molecule has 0 bridgehead atoms. The zero-order valence-corrected chi connectivity index (χ0v) is 23.6. The van der Waals surface area contributed by atoms with Crippen molar-refractivity contribution >= 4 is 45.4 Å². The van der Waals surface area contributed by atoms with Crippen molar-refractivity contribution in [2.75, 3.05) is 0 Å². The first-order valence-electron chi connectivity index (χ1n) is 14.1. The van der Waals surface area contributed by atoms with Crippen LogP contribution in [0.15, 0.2) is 85.5 Å². The first-order valence-corrected chi connectivity index (χ1v) is 14.1. The number of pyridine rings is 2. The predicted molar refractivity (Wildman–Crippen MR) is 163 cm³/mol. The highest BCUT2D eigenvalue weighted by atomic mass is 16.5. The van der Waals surface area contributed by atoms with Gasteiger partial charge < -0.3 is 9.47 Å². The fourth-order valence-electron chi connectivity index (χ4n) is 5.82. The molecule has 7 aromatic rings. The van der Waals surface area contributed by atoms with E-state index in [4.69, 9.17) is 29.4 Å². The van der Waals surface area contributed by atoms with Crippen LogP contribution in [0.1, 0.15) is 26.6 Å². The van der Waals surface area contributed by atoms with Crippen LogP contribution < -0.4 is 26.1 Å². The monoisotopic (exact) mass is 562 g/mol. The van der Waals surface area contributed by atoms with Crippen LogP contribution in [-0.4, -0.2) is 45.8 Å². The summed E-state index contributed by atoms with van der Waals surface area (Å²) >= 11 is 0. The maximum Gasteiger partial charge on any atom is 0.311 e. The van der Waals surface area contributed by atoms with E-state index in [1.54, 1.807) is 12.7 Å². The molecule has 2 aliphatic rings. The molecule has 206 valence electrons. The zero-order valence-electron chi connectivity index (χ0n) is 23.6. The second-order valence-electron chi connectivity index (χ2n) is 11.8. The quantitative estimate of drug-likeness (QED) is 0.292. The van der Waals surface area contributed by atoms with Gasteiger partial charge in [0.05, 0.1) is 38.7 Å². The predicted octanol–water partition coefficient (Wildman–Crippen LogP) is 3.97. The van der Waals surface area contributed by atoms with Crippen LogP contribution in [0.5, 0.6) is 23.3 Å². The molecule has 0 unspecified atom stereocenters. The van der Waals surface area contributed by atoms with Crippen molar-refractivity contribution in [2.45, 2.75) is 26.2 Å². The van der Waals surface area contributed by atoms with Crippen LogP contribution in [0.25, 0.3) is 33.7 Å². The van der Waals surface area contributed by atoms with E-state index in [0.29, 0.717) is 45.7 Å². The third kappa shape index (κ3) is 3.54. The van der Waals surface area contributed by atoms with Gasteiger partial charge in [0.25, 0.3) is 0 Å². The Labute approximate surface area is 246 Å². The van der Waals surface area contributed by atoms with Crippen molar-refractivity contribution in [1.29, 1.82) is 0 Å². The third-order valence-corrected chi connectivity index (χ3v) is 7.94. The van der Waals surface area contributed by atoms with Gasteiger partial charge in [-0.15, -0.1) is 0 Å². The lowest BCUT2D eigenvalue weighted by Crippen LogP contribution is -2.60. The highest BCUT2D eigenvalue weighted by Gasteiger charge is 2.45. The smallest absolute Gasteiger partial charge is 0.311 e. The van der Waals surface area contributed by atoms with Crippen LogP contribution in [0.2, 0.25) is 0 Å². The number of aromatic nitrogens is 8. The largest absolute Gasteiger partial charge is 0.438 e. The van der Waals surface area contributed by atoms with Crippen LogP contribution in [0.4, 0.5) is 0 Å². The zero-order chi connectivity index (χ0) is 28.9. The second-order valence-corrected chi connectivity index (χ2v) is 11.8. The third-order valence-electron chi connectivity index (χ3n) is 7.94. The van der Waals surface area contributed by atoms with E-state index in [9.17, 15) is 0 Å². The molecular weight excluding hydrogens is 539 g/mol. The van der Waals surface area contributed by atoms with E-state index < -0.39 is 6.71 Å². The molecule has 10 nitrogen and oxygen atoms in total. The lowest BCUT2D eigenvalue weighted by atomic mass is 9.38. The lowest BCUT2D eigenvalue weighted by molar-refractivity contribution is 0.416. The molecule has 2 aromatic carbocycles. The highest BCUT2D eigenvalue weighted by Crippen LogP contribution is 2.34. The van der Waals surface area contributed by atoms with E-state index in [0.717, 1.165) is 33.7 Å². The molecule has 0 radical (unpaired) electrons. The van der Waals surface area contributed by atoms with Gasteiger partial charge in [0, 0.05) is 5.41 Å². The number of nitrogens with zero attached hydrogens (tertiary/aromatic N) is 8. The number of benzene rings is 2. The number of rotatable bonds is 2. The molecule has 0 fully saturated rings. The molecule has 0 atom stereocenters. The van der Waals surface area contributed by atoms with Crippen molar-refractivity contribution in [3.05, 3.63) is 91.3 Å². The van der Waals surface area contributed by atoms with Crippen molar-refractivity contribution in [2.24, 2.45) is 0 Å². The molecule has 2 aliphatic heterocycles. The Morgan fingerprint density at radius 2 is 1.09 bits per heavy atom. The molecule has 0 N–H and O–H groups in total. The van der Waals surface area contributed by atoms with E-state index in [2.05, 4.69) is 30.7 Å². The van der Waals surface area contributed by atoms with E-state index in [-0.39, 0.29) is 5.41 Å². The van der Waals surface area contributed by atoms with E-state index in [1.807, 2.05) is 81.9 Å². The van der Waals surface area contributed by atoms with Gasteiger partial charge in [-0.3, -0.25) is 9.13 Å². The highest BCUT2D eigenvalue weighted by molar-refractivity contribution is 6.97. The molecule has 5 aromatic heterocycles. The van der Waals surface area contributed by atoms with E-state index >= 15 is 0 Å². The molecular formula is C32H23BN8O2. The Bertz CT molecular complexity index is 2120. The summed E-state index contributed by atoms with van der Waals surface area (Å²) in [6, 6.07) is 23.7. The second kappa shape index (κ2) is 8.48. The summed E-state index contributed by atoms with van der Waals surface area (Å²) in [6.45, 7) is 5.79. The molecule has 0 aliphatic carbocycles. The van der Waals surface area contributed by atoms with Crippen LogP contribution in [0, 0.1) is 0 Å². The van der Waals surface area contributed by atoms with Gasteiger partial charge in [0.15, 0.2) is 0 Å². The molecule has 0 saturated heterocycles. The van der Waals surface area contributed by atoms with Gasteiger partial charge in [-0.25, -0.2) is 19.9 Å². The SMILES string of the molecule is CC(C)(C)c1nc2c3c(n1)Oc1ccc(-n4cnc5ccccc54)nc1B3c1nc(-n3cnc4ccccc43)ccc1O2. The number of hydrogen-bond acceptors (Lipinski definition) is 8. The first-order chi connectivity index (χ1) is 20.9. The summed E-state index contributed by atoms with van der Waals surface area (Å²) in [6.07, 6.45) is 3.58. The molecule has 43 heavy (non-hydrogen) atoms. The Kier molecular flexibility index (Phi) is 4.74. The van der Waals surface area contributed by atoms with Crippen molar-refractivity contribution in [3.8, 4) is 34.9 Å². The summed E-state index contributed by atoms with van der Waals surface area (Å²) in [4.78, 5) is 29.2. The summed E-state index contributed by atoms with van der Waals surface area (Å²) in [5.41, 5.74) is 5.53. The van der Waals surface area contributed by atoms with Crippen molar-refractivity contribution in [3.63, 3.8) is 0 Å². The minimum Gasteiger partial charge on any atom is -0.438 e. The van der Waals surface area contributed by atoms with Crippen molar-refractivity contribution < 1.29 is 9.47 Å². The van der Waals surface area contributed by atoms with Gasteiger partial charge in [-0.05, 0) is 48.5 Å². The summed E-state index contributed by atoms with van der Waals surface area (Å²) in [7, 11) is 0. The van der Waals surface area contributed by atoms with Crippen molar-refractivity contribution in [1.82, 2.24) is 39.0 Å². The fraction of sp³-hybridized carbons (Fsp3) is 0.125. The Morgan fingerprint density at radius 3 is 1.58 bits per heavy atom. The van der Waals surface area contributed by atoms with Crippen LogP contribution >= 0.6 is 0 Å².